The largest absolute Gasteiger partial charge is 0.478 e. The number of aromatic nitrogens is 8. The van der Waals surface area contributed by atoms with Gasteiger partial charge in [0, 0.05) is 44.1 Å². The highest BCUT2D eigenvalue weighted by molar-refractivity contribution is 7.54. The number of anilines is 6. The van der Waals surface area contributed by atoms with E-state index in [1.807, 2.05) is 36.0 Å². The van der Waals surface area contributed by atoms with Crippen molar-refractivity contribution < 1.29 is 41.9 Å². The van der Waals surface area contributed by atoms with E-state index in [1.165, 1.54) is 0 Å². The molecule has 0 aliphatic heterocycles. The van der Waals surface area contributed by atoms with Crippen molar-refractivity contribution in [1.29, 1.82) is 0 Å². The van der Waals surface area contributed by atoms with Crippen LogP contribution in [0.15, 0.2) is 60.9 Å². The summed E-state index contributed by atoms with van der Waals surface area (Å²) in [5.74, 6) is -0.777. The molecule has 6 rings (SSSR count). The fourth-order valence-electron chi connectivity index (χ4n) is 6.20. The maximum absolute atomic E-state index is 12.5. The average molecular weight is 1030 g/mol. The molecule has 0 bridgehead atoms. The molecule has 1 amide bonds. The van der Waals surface area contributed by atoms with Gasteiger partial charge in [-0.25, -0.2) is 24.7 Å². The highest BCUT2D eigenvalue weighted by Crippen LogP contribution is 2.48. The summed E-state index contributed by atoms with van der Waals surface area (Å²) in [7, 11) is -2.28. The Labute approximate surface area is 413 Å². The van der Waals surface area contributed by atoms with Crippen molar-refractivity contribution in [3.8, 4) is 0 Å². The van der Waals surface area contributed by atoms with Crippen molar-refractivity contribution in [1.82, 2.24) is 45.2 Å². The van der Waals surface area contributed by atoms with E-state index in [0.29, 0.717) is 78.3 Å². The Morgan fingerprint density at radius 3 is 1.35 bits per heavy atom. The van der Waals surface area contributed by atoms with Crippen molar-refractivity contribution in [3.63, 3.8) is 0 Å². The number of amides is 1. The standard InChI is InChI=1S/C21H29N8O4P.C15H15N7O2.C6H16NO3P.2CH4/c1-4-32-34(31,33-5-2)11-10-24-20(30)14-6-8-16(9-7-14)29(3)13-15-12-25-19-17(26-15)18(22)27-21(23)28-19;1-22(10-4-2-8(3-5-10)14(23)24)7-9-6-18-13-11(19-9)12(16)20-15(17)21-13;1-3-9-11(8,6-5-7)10-4-2;;/h6-9,12H,4-5,10-11,13H2,1-3H3,(H,24,30)(H4,22,23,25,27,28);2-6H,7H2,1H3,(H,23,24)(H4,16,17,18,20,21);3-7H2,1-2H3;2*1H4. The van der Waals surface area contributed by atoms with E-state index in [4.69, 9.17) is 51.9 Å². The zero-order valence-electron chi connectivity index (χ0n) is 39.3. The van der Waals surface area contributed by atoms with Crippen molar-refractivity contribution in [2.45, 2.75) is 55.6 Å². The first kappa shape index (κ1) is 60.4. The molecule has 0 fully saturated rings. The summed E-state index contributed by atoms with van der Waals surface area (Å²) in [6.07, 6.45) is 3.61. The number of rotatable bonds is 21. The van der Waals surface area contributed by atoms with Crippen LogP contribution >= 0.6 is 15.2 Å². The Bertz CT molecular complexity index is 2710. The van der Waals surface area contributed by atoms with Crippen molar-refractivity contribution in [3.05, 3.63) is 83.4 Å². The fourth-order valence-corrected chi connectivity index (χ4v) is 9.14. The molecule has 2 aromatic carbocycles. The lowest BCUT2D eigenvalue weighted by Gasteiger charge is -2.19. The second kappa shape index (κ2) is 28.8. The molecule has 0 spiro atoms. The normalized spacial score (nSPS) is 11.0. The van der Waals surface area contributed by atoms with Gasteiger partial charge in [-0.1, -0.05) is 14.9 Å². The van der Waals surface area contributed by atoms with Crippen LogP contribution in [0, 0.1) is 0 Å². The number of hydrogen-bond donors (Lipinski definition) is 7. The van der Waals surface area contributed by atoms with Gasteiger partial charge >= 0.3 is 21.2 Å². The SMILES string of the molecule is C.C.CCOP(=O)(CCN)OCC.CCOP(=O)(CCNC(=O)c1ccc(N(C)Cc2cnc3nc(N)nc(N)c3n2)cc1)OCC.CN(Cc1cnc2nc(N)nc(N)c2n1)c1ccc(C(=O)O)cc1. The van der Waals surface area contributed by atoms with E-state index in [-0.39, 0.29) is 75.8 Å². The molecule has 388 valence electrons. The van der Waals surface area contributed by atoms with E-state index in [0.717, 1.165) is 11.4 Å². The summed E-state index contributed by atoms with van der Waals surface area (Å²) in [6, 6.07) is 13.6. The summed E-state index contributed by atoms with van der Waals surface area (Å²) < 4.78 is 44.4. The van der Waals surface area contributed by atoms with Crippen LogP contribution in [0.4, 0.5) is 34.9 Å². The van der Waals surface area contributed by atoms with Crippen LogP contribution < -0.4 is 43.8 Å². The highest BCUT2D eigenvalue weighted by atomic mass is 31.2. The third-order valence-electron chi connectivity index (χ3n) is 9.30. The van der Waals surface area contributed by atoms with Gasteiger partial charge in [-0.2, -0.15) is 19.9 Å². The third-order valence-corrected chi connectivity index (χ3v) is 13.5. The lowest BCUT2D eigenvalue weighted by molar-refractivity contribution is 0.0696. The predicted molar refractivity (Wildman–Crippen MR) is 278 cm³/mol. The highest BCUT2D eigenvalue weighted by Gasteiger charge is 2.24. The molecule has 4 heterocycles. The number of carboxylic acid groups (broad SMARTS) is 1. The van der Waals surface area contributed by atoms with Gasteiger partial charge in [-0.3, -0.25) is 13.9 Å². The molecule has 6 aromatic rings. The summed E-state index contributed by atoms with van der Waals surface area (Å²) >= 11 is 0. The van der Waals surface area contributed by atoms with Crippen LogP contribution in [-0.4, -0.2) is 123 Å². The van der Waals surface area contributed by atoms with Crippen LogP contribution in [0.5, 0.6) is 0 Å². The third kappa shape index (κ3) is 18.2. The number of nitrogens with zero attached hydrogens (tertiary/aromatic N) is 10. The summed E-state index contributed by atoms with van der Waals surface area (Å²) in [4.78, 5) is 60.4. The minimum Gasteiger partial charge on any atom is -0.478 e. The Kier molecular flexibility index (Phi) is 24.5. The number of carboxylic acids is 1. The maximum atomic E-state index is 12.5. The Morgan fingerprint density at radius 2 is 0.986 bits per heavy atom. The molecule has 0 aliphatic carbocycles. The van der Waals surface area contributed by atoms with Crippen molar-refractivity contribution in [2.24, 2.45) is 5.73 Å². The van der Waals surface area contributed by atoms with Crippen LogP contribution in [0.1, 0.15) is 74.7 Å². The molecular weight excluding hydrogens is 959 g/mol. The predicted octanol–water partition coefficient (Wildman–Crippen LogP) is 5.62. The van der Waals surface area contributed by atoms with E-state index in [2.05, 4.69) is 45.2 Å². The lowest BCUT2D eigenvalue weighted by atomic mass is 10.2. The van der Waals surface area contributed by atoms with Gasteiger partial charge in [-0.15, -0.1) is 0 Å². The molecule has 12 N–H and O–H groups in total. The maximum Gasteiger partial charge on any atom is 0.335 e. The number of aromatic carboxylic acids is 1. The van der Waals surface area contributed by atoms with E-state index < -0.39 is 21.2 Å². The Balaban J connectivity index is 0.000000406. The van der Waals surface area contributed by atoms with Gasteiger partial charge in [0.05, 0.1) is 81.2 Å². The molecule has 25 nitrogen and oxygen atoms in total. The number of nitrogen functional groups attached to an aromatic ring is 4. The molecule has 0 aliphatic rings. The monoisotopic (exact) mass is 1030 g/mol. The minimum atomic E-state index is -3.20. The lowest BCUT2D eigenvalue weighted by Crippen LogP contribution is -2.27. The number of hydrogen-bond acceptors (Lipinski definition) is 23. The molecule has 0 saturated heterocycles. The molecule has 0 atom stereocenters. The number of nitrogens with two attached hydrogens (primary N) is 5. The Hall–Kier alpha value is -6.72. The number of benzene rings is 2. The van der Waals surface area contributed by atoms with Crippen LogP contribution in [-0.2, 0) is 40.3 Å². The van der Waals surface area contributed by atoms with Crippen LogP contribution in [0.2, 0.25) is 0 Å². The van der Waals surface area contributed by atoms with Crippen molar-refractivity contribution in [2.75, 3.05) is 98.7 Å². The van der Waals surface area contributed by atoms with Gasteiger partial charge in [0.1, 0.15) is 0 Å². The first-order chi connectivity index (χ1) is 32.9. The summed E-state index contributed by atoms with van der Waals surface area (Å²) in [5.41, 5.74) is 33.3. The molecule has 0 unspecified atom stereocenters. The molecule has 4 aromatic heterocycles. The Morgan fingerprint density at radius 1 is 0.606 bits per heavy atom. The van der Waals surface area contributed by atoms with Gasteiger partial charge < -0.3 is 67.0 Å². The first-order valence-corrected chi connectivity index (χ1v) is 25.0. The van der Waals surface area contributed by atoms with Gasteiger partial charge in [-0.05, 0) is 76.2 Å². The molecule has 0 radical (unpaired) electrons. The second-order valence-corrected chi connectivity index (χ2v) is 18.9. The topological polar surface area (TPSA) is 377 Å². The van der Waals surface area contributed by atoms with Crippen LogP contribution in [0.25, 0.3) is 22.3 Å². The number of carbonyl (C=O) groups is 2. The van der Waals surface area contributed by atoms with E-state index in [9.17, 15) is 18.7 Å². The smallest absolute Gasteiger partial charge is 0.335 e. The number of nitrogens with one attached hydrogen (secondary N) is 1. The van der Waals surface area contributed by atoms with Gasteiger partial charge in [0.15, 0.2) is 34.0 Å². The second-order valence-electron chi connectivity index (χ2n) is 14.5. The van der Waals surface area contributed by atoms with Gasteiger partial charge in [0.25, 0.3) is 5.91 Å². The van der Waals surface area contributed by atoms with Crippen LogP contribution in [0.3, 0.4) is 0 Å². The average Bonchev–Trinajstić information content (AvgIpc) is 3.30. The molecule has 71 heavy (non-hydrogen) atoms. The number of fused-ring (bicyclic) bond motifs is 2. The van der Waals surface area contributed by atoms with E-state index in [1.54, 1.807) is 76.5 Å². The summed E-state index contributed by atoms with van der Waals surface area (Å²) in [5, 5.41) is 11.7. The zero-order valence-corrected chi connectivity index (χ0v) is 41.1. The minimum absolute atomic E-state index is 0. The van der Waals surface area contributed by atoms with E-state index >= 15 is 0 Å². The van der Waals surface area contributed by atoms with Gasteiger partial charge in [0.2, 0.25) is 11.9 Å². The fraction of sp³-hybridized carbons (Fsp3) is 0.409. The summed E-state index contributed by atoms with van der Waals surface area (Å²) in [6.45, 7) is 9.82. The first-order valence-electron chi connectivity index (χ1n) is 21.6. The molecule has 0 saturated carbocycles. The quantitative estimate of drug-likeness (QED) is 0.0430. The molecular formula is C44H68N16O9P2. The molecule has 27 heteroatoms. The van der Waals surface area contributed by atoms with Crippen molar-refractivity contribution >= 4 is 84.3 Å². The number of carbonyl (C=O) groups excluding carboxylic acids is 1. The zero-order chi connectivity index (χ0) is 50.7.